The van der Waals surface area contributed by atoms with E-state index in [0.29, 0.717) is 0 Å². The predicted octanol–water partition coefficient (Wildman–Crippen LogP) is 1.21. The average molecular weight is 209 g/mol. The first kappa shape index (κ1) is 11.5. The number of hydrogen-bond acceptors (Lipinski definition) is 3. The van der Waals surface area contributed by atoms with E-state index in [1.54, 1.807) is 0 Å². The number of carbonyl (C=O) groups excluding carboxylic acids is 1. The van der Waals surface area contributed by atoms with Gasteiger partial charge in [-0.2, -0.15) is 0 Å². The summed E-state index contributed by atoms with van der Waals surface area (Å²) >= 11 is 0. The molecule has 82 valence electrons. The molecule has 0 saturated heterocycles. The minimum absolute atomic E-state index is 0.0838. The minimum Gasteiger partial charge on any atom is -0.445 e. The first-order valence-electron chi connectivity index (χ1n) is 4.79. The van der Waals surface area contributed by atoms with Crippen molar-refractivity contribution in [3.05, 3.63) is 35.4 Å². The summed E-state index contributed by atoms with van der Waals surface area (Å²) in [7, 11) is 0. The van der Waals surface area contributed by atoms with Crippen LogP contribution in [0, 0.1) is 6.92 Å². The van der Waals surface area contributed by atoms with Gasteiger partial charge in [0.15, 0.2) is 0 Å². The van der Waals surface area contributed by atoms with Gasteiger partial charge in [-0.05, 0) is 12.5 Å². The van der Waals surface area contributed by atoms with Crippen LogP contribution >= 0.6 is 0 Å². The zero-order chi connectivity index (χ0) is 11.1. The molecule has 1 amide bonds. The molecule has 0 fully saturated rings. The summed E-state index contributed by atoms with van der Waals surface area (Å²) in [5.41, 5.74) is 2.08. The fraction of sp³-hybridized carbons (Fsp3) is 0.364. The predicted molar refractivity (Wildman–Crippen MR) is 56.5 cm³/mol. The molecule has 1 aromatic carbocycles. The monoisotopic (exact) mass is 209 g/mol. The lowest BCUT2D eigenvalue weighted by atomic mass is 10.1. The van der Waals surface area contributed by atoms with E-state index in [0.717, 1.165) is 11.1 Å². The summed E-state index contributed by atoms with van der Waals surface area (Å²) in [5, 5.41) is 10.9. The van der Waals surface area contributed by atoms with Gasteiger partial charge in [-0.15, -0.1) is 0 Å². The second-order valence-corrected chi connectivity index (χ2v) is 3.22. The Morgan fingerprint density at radius 2 is 2.33 bits per heavy atom. The Balaban J connectivity index is 2.33. The van der Waals surface area contributed by atoms with Gasteiger partial charge in [-0.1, -0.05) is 29.8 Å². The molecule has 0 atom stereocenters. The van der Waals surface area contributed by atoms with Crippen LogP contribution in [0.1, 0.15) is 11.1 Å². The van der Waals surface area contributed by atoms with Crippen LogP contribution in [0.15, 0.2) is 24.3 Å². The van der Waals surface area contributed by atoms with Crippen molar-refractivity contribution in [2.24, 2.45) is 0 Å². The molecule has 1 aromatic rings. The number of aliphatic hydroxyl groups excluding tert-OH is 1. The van der Waals surface area contributed by atoms with Crippen molar-refractivity contribution < 1.29 is 14.6 Å². The fourth-order valence-corrected chi connectivity index (χ4v) is 1.16. The Bertz CT molecular complexity index is 325. The Hall–Kier alpha value is -1.55. The molecule has 4 heteroatoms. The van der Waals surface area contributed by atoms with Gasteiger partial charge in [-0.3, -0.25) is 0 Å². The highest BCUT2D eigenvalue weighted by atomic mass is 16.5. The van der Waals surface area contributed by atoms with Gasteiger partial charge < -0.3 is 15.2 Å². The SMILES string of the molecule is Cc1cccc(COC(=O)NCCO)c1. The number of aryl methyl sites for hydroxylation is 1. The molecule has 15 heavy (non-hydrogen) atoms. The Morgan fingerprint density at radius 1 is 1.53 bits per heavy atom. The van der Waals surface area contributed by atoms with Crippen molar-refractivity contribution in [2.75, 3.05) is 13.2 Å². The van der Waals surface area contributed by atoms with Gasteiger partial charge in [-0.25, -0.2) is 4.79 Å². The molecule has 0 heterocycles. The van der Waals surface area contributed by atoms with Gasteiger partial charge in [0.25, 0.3) is 0 Å². The third-order valence-corrected chi connectivity index (χ3v) is 1.83. The molecule has 0 aliphatic rings. The number of alkyl carbamates (subject to hydrolysis) is 1. The van der Waals surface area contributed by atoms with E-state index < -0.39 is 6.09 Å². The number of aliphatic hydroxyl groups is 1. The second-order valence-electron chi connectivity index (χ2n) is 3.22. The molecule has 0 spiro atoms. The standard InChI is InChI=1S/C11H15NO3/c1-9-3-2-4-10(7-9)8-15-11(14)12-5-6-13/h2-4,7,13H,5-6,8H2,1H3,(H,12,14). The minimum atomic E-state index is -0.509. The van der Waals surface area contributed by atoms with Crippen LogP contribution in [0.2, 0.25) is 0 Å². The molecule has 0 aliphatic carbocycles. The third-order valence-electron chi connectivity index (χ3n) is 1.83. The Labute approximate surface area is 88.9 Å². The number of nitrogens with one attached hydrogen (secondary N) is 1. The van der Waals surface area contributed by atoms with E-state index in [1.165, 1.54) is 0 Å². The normalized spacial score (nSPS) is 9.73. The van der Waals surface area contributed by atoms with E-state index >= 15 is 0 Å². The lowest BCUT2D eigenvalue weighted by Crippen LogP contribution is -2.26. The topological polar surface area (TPSA) is 58.6 Å². The zero-order valence-corrected chi connectivity index (χ0v) is 8.69. The number of amides is 1. The van der Waals surface area contributed by atoms with Crippen molar-refractivity contribution in [1.29, 1.82) is 0 Å². The van der Waals surface area contributed by atoms with E-state index in [2.05, 4.69) is 5.32 Å². The highest BCUT2D eigenvalue weighted by Gasteiger charge is 2.00. The van der Waals surface area contributed by atoms with Crippen molar-refractivity contribution >= 4 is 6.09 Å². The fourth-order valence-electron chi connectivity index (χ4n) is 1.16. The van der Waals surface area contributed by atoms with Crippen molar-refractivity contribution in [2.45, 2.75) is 13.5 Å². The van der Waals surface area contributed by atoms with Crippen LogP contribution in [-0.2, 0) is 11.3 Å². The quantitative estimate of drug-likeness (QED) is 0.783. The molecule has 4 nitrogen and oxygen atoms in total. The molecule has 0 unspecified atom stereocenters. The van der Waals surface area contributed by atoms with Gasteiger partial charge in [0.2, 0.25) is 0 Å². The van der Waals surface area contributed by atoms with Gasteiger partial charge in [0.1, 0.15) is 6.61 Å². The molecule has 0 saturated carbocycles. The Kier molecular flexibility index (Phi) is 4.63. The maximum atomic E-state index is 11.0. The summed E-state index contributed by atoms with van der Waals surface area (Å²) in [4.78, 5) is 11.0. The lowest BCUT2D eigenvalue weighted by molar-refractivity contribution is 0.137. The van der Waals surface area contributed by atoms with Gasteiger partial charge in [0.05, 0.1) is 6.61 Å². The van der Waals surface area contributed by atoms with E-state index in [1.807, 2.05) is 31.2 Å². The summed E-state index contributed by atoms with van der Waals surface area (Å²) in [6.07, 6.45) is -0.509. The van der Waals surface area contributed by atoms with E-state index in [-0.39, 0.29) is 19.8 Å². The number of rotatable bonds is 4. The number of hydrogen-bond donors (Lipinski definition) is 2. The second kappa shape index (κ2) is 6.03. The van der Waals surface area contributed by atoms with Crippen molar-refractivity contribution in [1.82, 2.24) is 5.32 Å². The smallest absolute Gasteiger partial charge is 0.407 e. The summed E-state index contributed by atoms with van der Waals surface area (Å²) in [6.45, 7) is 2.36. The zero-order valence-electron chi connectivity index (χ0n) is 8.69. The average Bonchev–Trinajstić information content (AvgIpc) is 2.23. The van der Waals surface area contributed by atoms with Gasteiger partial charge >= 0.3 is 6.09 Å². The molecule has 0 radical (unpaired) electrons. The first-order valence-corrected chi connectivity index (χ1v) is 4.79. The molecule has 2 N–H and O–H groups in total. The van der Waals surface area contributed by atoms with Crippen LogP contribution in [0.5, 0.6) is 0 Å². The third kappa shape index (κ3) is 4.46. The van der Waals surface area contributed by atoms with Crippen LogP contribution in [0.4, 0.5) is 4.79 Å². The maximum Gasteiger partial charge on any atom is 0.407 e. The van der Waals surface area contributed by atoms with Gasteiger partial charge in [0, 0.05) is 6.54 Å². The summed E-state index contributed by atoms with van der Waals surface area (Å²) < 4.78 is 4.92. The summed E-state index contributed by atoms with van der Waals surface area (Å²) in [5.74, 6) is 0. The van der Waals surface area contributed by atoms with Crippen LogP contribution < -0.4 is 5.32 Å². The number of ether oxygens (including phenoxy) is 1. The van der Waals surface area contributed by atoms with Crippen LogP contribution in [-0.4, -0.2) is 24.4 Å². The van der Waals surface area contributed by atoms with E-state index in [4.69, 9.17) is 9.84 Å². The summed E-state index contributed by atoms with van der Waals surface area (Å²) in [6, 6.07) is 7.75. The molecule has 0 bridgehead atoms. The van der Waals surface area contributed by atoms with Crippen LogP contribution in [0.3, 0.4) is 0 Å². The highest BCUT2D eigenvalue weighted by Crippen LogP contribution is 2.05. The molecular weight excluding hydrogens is 194 g/mol. The number of benzene rings is 1. The molecular formula is C11H15NO3. The Morgan fingerprint density at radius 3 is 3.00 bits per heavy atom. The molecule has 0 aliphatic heterocycles. The van der Waals surface area contributed by atoms with Crippen molar-refractivity contribution in [3.63, 3.8) is 0 Å². The highest BCUT2D eigenvalue weighted by molar-refractivity contribution is 5.67. The van der Waals surface area contributed by atoms with E-state index in [9.17, 15) is 4.79 Å². The van der Waals surface area contributed by atoms with Crippen molar-refractivity contribution in [3.8, 4) is 0 Å². The largest absolute Gasteiger partial charge is 0.445 e. The first-order chi connectivity index (χ1) is 7.22. The molecule has 0 aromatic heterocycles. The maximum absolute atomic E-state index is 11.0. The lowest BCUT2D eigenvalue weighted by Gasteiger charge is -2.06. The van der Waals surface area contributed by atoms with Crippen LogP contribution in [0.25, 0.3) is 0 Å². The molecule has 1 rings (SSSR count). The number of carbonyl (C=O) groups is 1.